The van der Waals surface area contributed by atoms with Crippen LogP contribution in [0.4, 0.5) is 11.4 Å². The molecule has 1 aromatic carbocycles. The third-order valence-electron chi connectivity index (χ3n) is 6.93. The van der Waals surface area contributed by atoms with Gasteiger partial charge < -0.3 is 15.4 Å². The summed E-state index contributed by atoms with van der Waals surface area (Å²) in [7, 11) is 1.65. The summed E-state index contributed by atoms with van der Waals surface area (Å²) < 4.78 is 5.79. The first kappa shape index (κ1) is 31.0. The molecular weight excluding hydrogens is 478 g/mol. The molecule has 1 heterocycles. The fourth-order valence-corrected chi connectivity index (χ4v) is 4.88. The summed E-state index contributed by atoms with van der Waals surface area (Å²) in [5, 5.41) is 7.51. The lowest BCUT2D eigenvalue weighted by Gasteiger charge is -2.23. The van der Waals surface area contributed by atoms with Crippen LogP contribution in [0.15, 0.2) is 24.4 Å². The fraction of sp³-hybridized carbons (Fsp3) is 0.645. The minimum absolute atomic E-state index is 0.0659. The van der Waals surface area contributed by atoms with Crippen molar-refractivity contribution < 1.29 is 9.53 Å². The number of anilines is 2. The molecule has 0 radical (unpaired) electrons. The monoisotopic (exact) mass is 527 g/mol. The molecule has 206 valence electrons. The smallest absolute Gasteiger partial charge is 0.229 e. The average molecular weight is 528 g/mol. The zero-order chi connectivity index (χ0) is 27.3. The van der Waals surface area contributed by atoms with Crippen molar-refractivity contribution in [3.63, 3.8) is 0 Å². The highest BCUT2D eigenvalue weighted by Crippen LogP contribution is 2.39. The maximum atomic E-state index is 12.7. The quantitative estimate of drug-likeness (QED) is 0.168. The fourth-order valence-electron chi connectivity index (χ4n) is 4.54. The van der Waals surface area contributed by atoms with E-state index in [2.05, 4.69) is 29.5 Å². The molecule has 1 aromatic heterocycles. The molecule has 0 saturated carbocycles. The van der Waals surface area contributed by atoms with Crippen LogP contribution >= 0.6 is 12.2 Å². The van der Waals surface area contributed by atoms with Gasteiger partial charge in [-0.25, -0.2) is 0 Å². The number of unbranched alkanes of at least 4 members (excludes halogenated alkanes) is 8. The van der Waals surface area contributed by atoms with Crippen molar-refractivity contribution >= 4 is 45.4 Å². The lowest BCUT2D eigenvalue weighted by molar-refractivity contribution is -0.123. The number of nitrogens with one attached hydrogen (secondary N) is 2. The van der Waals surface area contributed by atoms with Crippen molar-refractivity contribution in [2.75, 3.05) is 17.7 Å². The molecule has 0 spiro atoms. The molecule has 6 heteroatoms. The lowest BCUT2D eigenvalue weighted by Crippen LogP contribution is -2.28. The van der Waals surface area contributed by atoms with Crippen molar-refractivity contribution in [2.24, 2.45) is 11.3 Å². The van der Waals surface area contributed by atoms with Gasteiger partial charge in [-0.2, -0.15) is 0 Å². The summed E-state index contributed by atoms with van der Waals surface area (Å²) in [5.74, 6) is 0.926. The van der Waals surface area contributed by atoms with E-state index in [9.17, 15) is 4.79 Å². The number of hydrogen-bond donors (Lipinski definition) is 2. The summed E-state index contributed by atoms with van der Waals surface area (Å²) >= 11 is 6.02. The minimum Gasteiger partial charge on any atom is -0.494 e. The SMILES string of the molecule is CCCCCCCCC(CCCCCC)C(=S)Nc1c(OC)cc(NC(=O)C(C)(C)C)c2ncccc12. The van der Waals surface area contributed by atoms with Crippen LogP contribution in [0, 0.1) is 11.3 Å². The second-order valence-corrected chi connectivity index (χ2v) is 11.6. The first-order valence-corrected chi connectivity index (χ1v) is 14.7. The van der Waals surface area contributed by atoms with Gasteiger partial charge in [-0.05, 0) is 25.0 Å². The number of amides is 1. The van der Waals surface area contributed by atoms with Crippen molar-refractivity contribution in [3.05, 3.63) is 24.4 Å². The minimum atomic E-state index is -0.519. The van der Waals surface area contributed by atoms with Crippen LogP contribution in [-0.4, -0.2) is 23.0 Å². The Labute approximate surface area is 230 Å². The van der Waals surface area contributed by atoms with Gasteiger partial charge >= 0.3 is 0 Å². The maximum Gasteiger partial charge on any atom is 0.229 e. The number of rotatable bonds is 16. The summed E-state index contributed by atoms with van der Waals surface area (Å²) in [6.07, 6.45) is 16.7. The van der Waals surface area contributed by atoms with Crippen molar-refractivity contribution in [1.82, 2.24) is 4.98 Å². The van der Waals surface area contributed by atoms with Crippen LogP contribution < -0.4 is 15.4 Å². The Kier molecular flexibility index (Phi) is 13.3. The number of carbonyl (C=O) groups is 1. The lowest BCUT2D eigenvalue weighted by atomic mass is 9.93. The molecule has 0 aliphatic rings. The highest BCUT2D eigenvalue weighted by atomic mass is 32.1. The van der Waals surface area contributed by atoms with E-state index in [1.807, 2.05) is 39.0 Å². The predicted molar refractivity (Wildman–Crippen MR) is 163 cm³/mol. The van der Waals surface area contributed by atoms with E-state index in [1.165, 1.54) is 64.2 Å². The number of hydrogen-bond acceptors (Lipinski definition) is 4. The van der Waals surface area contributed by atoms with Gasteiger partial charge in [0, 0.05) is 29.0 Å². The van der Waals surface area contributed by atoms with Gasteiger partial charge in [0.15, 0.2) is 0 Å². The number of ether oxygens (including phenoxy) is 1. The number of fused-ring (bicyclic) bond motifs is 1. The van der Waals surface area contributed by atoms with Gasteiger partial charge in [-0.1, -0.05) is 111 Å². The topological polar surface area (TPSA) is 63.2 Å². The Morgan fingerprint density at radius 2 is 1.57 bits per heavy atom. The third-order valence-corrected chi connectivity index (χ3v) is 7.37. The van der Waals surface area contributed by atoms with Crippen LogP contribution in [0.25, 0.3) is 10.9 Å². The van der Waals surface area contributed by atoms with Gasteiger partial charge in [0.05, 0.1) is 29.0 Å². The molecule has 0 fully saturated rings. The highest BCUT2D eigenvalue weighted by Gasteiger charge is 2.24. The van der Waals surface area contributed by atoms with E-state index in [4.69, 9.17) is 17.0 Å². The van der Waals surface area contributed by atoms with E-state index >= 15 is 0 Å². The number of methoxy groups -OCH3 is 1. The Hall–Kier alpha value is -2.21. The van der Waals surface area contributed by atoms with Crippen molar-refractivity contribution in [2.45, 2.75) is 112 Å². The Morgan fingerprint density at radius 1 is 0.973 bits per heavy atom. The molecule has 0 aliphatic carbocycles. The molecule has 2 rings (SSSR count). The van der Waals surface area contributed by atoms with E-state index < -0.39 is 5.41 Å². The molecule has 2 aromatic rings. The summed E-state index contributed by atoms with van der Waals surface area (Å²) in [5.41, 5.74) is 1.67. The number of carbonyl (C=O) groups excluding carboxylic acids is 1. The van der Waals surface area contributed by atoms with Crippen LogP contribution in [0.1, 0.15) is 112 Å². The van der Waals surface area contributed by atoms with Crippen LogP contribution in [0.3, 0.4) is 0 Å². The normalized spacial score (nSPS) is 12.4. The molecule has 0 saturated heterocycles. The van der Waals surface area contributed by atoms with Crippen molar-refractivity contribution in [1.29, 1.82) is 0 Å². The molecule has 2 N–H and O–H groups in total. The number of pyridine rings is 1. The van der Waals surface area contributed by atoms with E-state index in [-0.39, 0.29) is 5.91 Å². The zero-order valence-corrected chi connectivity index (χ0v) is 24.9. The zero-order valence-electron chi connectivity index (χ0n) is 24.0. The molecule has 0 aliphatic heterocycles. The van der Waals surface area contributed by atoms with Crippen LogP contribution in [0.5, 0.6) is 5.75 Å². The largest absolute Gasteiger partial charge is 0.494 e. The second-order valence-electron chi connectivity index (χ2n) is 11.2. The van der Waals surface area contributed by atoms with Gasteiger partial charge in [0.1, 0.15) is 5.75 Å². The van der Waals surface area contributed by atoms with Crippen molar-refractivity contribution in [3.8, 4) is 5.75 Å². The summed E-state index contributed by atoms with van der Waals surface area (Å²) in [6.45, 7) is 10.2. The van der Waals surface area contributed by atoms with E-state index in [1.54, 1.807) is 13.3 Å². The third kappa shape index (κ3) is 9.88. The van der Waals surface area contributed by atoms with E-state index in [0.717, 1.165) is 34.4 Å². The van der Waals surface area contributed by atoms with E-state index in [0.29, 0.717) is 17.4 Å². The second kappa shape index (κ2) is 15.9. The highest BCUT2D eigenvalue weighted by molar-refractivity contribution is 7.80. The maximum absolute atomic E-state index is 12.7. The standard InChI is InChI=1S/C31H49N3O2S/c1-7-9-11-13-14-16-19-23(18-15-12-10-8-2)29(37)34-28-24-20-17-21-32-27(24)25(22-26(28)36-6)33-30(35)31(3,4)5/h17,20-23H,7-16,18-19H2,1-6H3,(H,33,35)(H,34,37). The number of thiocarbonyl (C=S) groups is 1. The van der Waals surface area contributed by atoms with Gasteiger partial charge in [-0.3, -0.25) is 9.78 Å². The number of aromatic nitrogens is 1. The van der Waals surface area contributed by atoms with Crippen LogP contribution in [-0.2, 0) is 4.79 Å². The van der Waals surface area contributed by atoms with Gasteiger partial charge in [-0.15, -0.1) is 0 Å². The Bertz CT molecular complexity index is 1000. The molecule has 37 heavy (non-hydrogen) atoms. The first-order chi connectivity index (χ1) is 17.7. The Morgan fingerprint density at radius 3 is 2.16 bits per heavy atom. The number of benzene rings is 1. The molecule has 1 amide bonds. The Balaban J connectivity index is 2.27. The van der Waals surface area contributed by atoms with Gasteiger partial charge in [0.25, 0.3) is 0 Å². The van der Waals surface area contributed by atoms with Gasteiger partial charge in [0.2, 0.25) is 5.91 Å². The first-order valence-electron chi connectivity index (χ1n) is 14.3. The summed E-state index contributed by atoms with van der Waals surface area (Å²) in [4.78, 5) is 18.2. The molecule has 1 unspecified atom stereocenters. The molecule has 0 bridgehead atoms. The molecular formula is C31H49N3O2S. The molecule has 1 atom stereocenters. The summed E-state index contributed by atoms with van der Waals surface area (Å²) in [6, 6.07) is 5.77. The van der Waals surface area contributed by atoms with Crippen LogP contribution in [0.2, 0.25) is 0 Å². The number of nitrogens with zero attached hydrogens (tertiary/aromatic N) is 1. The average Bonchev–Trinajstić information content (AvgIpc) is 2.87. The molecule has 5 nitrogen and oxygen atoms in total. The predicted octanol–water partition coefficient (Wildman–Crippen LogP) is 9.30.